The maximum atomic E-state index is 4.79. The molecule has 0 bridgehead atoms. The van der Waals surface area contributed by atoms with E-state index >= 15 is 0 Å². The first-order valence-electron chi connectivity index (χ1n) is 5.94. The molecule has 0 aromatic carbocycles. The molecule has 1 aromatic heterocycles. The molecule has 84 valence electrons. The van der Waals surface area contributed by atoms with Gasteiger partial charge >= 0.3 is 0 Å². The van der Waals surface area contributed by atoms with Gasteiger partial charge in [0, 0.05) is 16.5 Å². The van der Waals surface area contributed by atoms with Crippen LogP contribution in [0.3, 0.4) is 0 Å². The lowest BCUT2D eigenvalue weighted by atomic mass is 9.90. The van der Waals surface area contributed by atoms with E-state index in [1.807, 2.05) is 11.3 Å². The van der Waals surface area contributed by atoms with E-state index in [1.165, 1.54) is 47.7 Å². The molecule has 1 aliphatic carbocycles. The first-order chi connectivity index (χ1) is 7.35. The van der Waals surface area contributed by atoms with Crippen LogP contribution in [0.2, 0.25) is 0 Å². The highest BCUT2D eigenvalue weighted by Gasteiger charge is 2.20. The van der Waals surface area contributed by atoms with Gasteiger partial charge in [-0.15, -0.1) is 11.3 Å². The Labute approximate surface area is 102 Å². The molecule has 0 atom stereocenters. The fourth-order valence-corrected chi connectivity index (χ4v) is 3.89. The highest BCUT2D eigenvalue weighted by Crippen LogP contribution is 2.36. The summed E-state index contributed by atoms with van der Waals surface area (Å²) in [4.78, 5) is 6.18. The number of aryl methyl sites for hydroxylation is 1. The second kappa shape index (κ2) is 5.35. The third-order valence-corrected chi connectivity index (χ3v) is 5.02. The number of thiazole rings is 1. The van der Waals surface area contributed by atoms with Crippen LogP contribution < -0.4 is 0 Å². The van der Waals surface area contributed by atoms with E-state index in [0.717, 1.165) is 18.1 Å². The summed E-state index contributed by atoms with van der Waals surface area (Å²) in [5.74, 6) is 1.61. The van der Waals surface area contributed by atoms with Gasteiger partial charge in [-0.3, -0.25) is 0 Å². The summed E-state index contributed by atoms with van der Waals surface area (Å²) in [7, 11) is 0. The van der Waals surface area contributed by atoms with Crippen LogP contribution in [0.4, 0.5) is 0 Å². The maximum absolute atomic E-state index is 4.79. The van der Waals surface area contributed by atoms with E-state index in [-0.39, 0.29) is 0 Å². The van der Waals surface area contributed by atoms with Crippen molar-refractivity contribution in [2.45, 2.75) is 57.1 Å². The molecule has 0 saturated heterocycles. The Morgan fingerprint density at radius 2 is 2.07 bits per heavy atom. The molecular weight excluding hydrogens is 222 g/mol. The lowest BCUT2D eigenvalue weighted by molar-refractivity contribution is 0.442. The van der Waals surface area contributed by atoms with Gasteiger partial charge in [0.25, 0.3) is 0 Å². The molecule has 1 nitrogen and oxygen atoms in total. The molecule has 1 heterocycles. The Balaban J connectivity index is 2.16. The molecule has 1 saturated carbocycles. The van der Waals surface area contributed by atoms with E-state index in [2.05, 4.69) is 19.6 Å². The van der Waals surface area contributed by atoms with Crippen molar-refractivity contribution >= 4 is 24.0 Å². The Bertz CT molecular complexity index is 292. The maximum Gasteiger partial charge on any atom is 0.0962 e. The summed E-state index contributed by atoms with van der Waals surface area (Å²) in [6.07, 6.45) is 7.95. The van der Waals surface area contributed by atoms with Crippen molar-refractivity contribution in [3.63, 3.8) is 0 Å². The van der Waals surface area contributed by atoms with Crippen molar-refractivity contribution in [2.75, 3.05) is 0 Å². The number of hydrogen-bond donors (Lipinski definition) is 1. The van der Waals surface area contributed by atoms with Crippen molar-refractivity contribution in [3.05, 3.63) is 15.6 Å². The van der Waals surface area contributed by atoms with Crippen molar-refractivity contribution in [1.82, 2.24) is 4.98 Å². The third kappa shape index (κ3) is 2.56. The minimum Gasteiger partial charge on any atom is -0.246 e. The van der Waals surface area contributed by atoms with Crippen molar-refractivity contribution in [2.24, 2.45) is 0 Å². The predicted octanol–water partition coefficient (Wildman–Crippen LogP) is 4.18. The van der Waals surface area contributed by atoms with E-state index in [1.54, 1.807) is 0 Å². The Morgan fingerprint density at radius 1 is 1.33 bits per heavy atom. The number of hydrogen-bond acceptors (Lipinski definition) is 3. The van der Waals surface area contributed by atoms with Crippen LogP contribution in [-0.4, -0.2) is 4.98 Å². The largest absolute Gasteiger partial charge is 0.246 e. The van der Waals surface area contributed by atoms with Gasteiger partial charge < -0.3 is 0 Å². The molecule has 3 heteroatoms. The molecule has 0 N–H and O–H groups in total. The zero-order valence-electron chi connectivity index (χ0n) is 9.33. The van der Waals surface area contributed by atoms with Crippen LogP contribution >= 0.6 is 24.0 Å². The second-order valence-electron chi connectivity index (χ2n) is 4.27. The SMILES string of the molecule is CCc1nc(C2CCCCC2)sc1CS. The first-order valence-corrected chi connectivity index (χ1v) is 7.39. The van der Waals surface area contributed by atoms with Gasteiger partial charge in [-0.25, -0.2) is 4.98 Å². The lowest BCUT2D eigenvalue weighted by Gasteiger charge is -2.18. The summed E-state index contributed by atoms with van der Waals surface area (Å²) >= 11 is 6.28. The topological polar surface area (TPSA) is 12.9 Å². The molecule has 2 rings (SSSR count). The molecule has 1 aliphatic rings. The van der Waals surface area contributed by atoms with Crippen LogP contribution in [-0.2, 0) is 12.2 Å². The highest BCUT2D eigenvalue weighted by molar-refractivity contribution is 7.79. The van der Waals surface area contributed by atoms with E-state index in [4.69, 9.17) is 4.98 Å². The van der Waals surface area contributed by atoms with Gasteiger partial charge in [-0.05, 0) is 19.3 Å². The average molecular weight is 241 g/mol. The Morgan fingerprint density at radius 3 is 2.60 bits per heavy atom. The van der Waals surface area contributed by atoms with E-state index in [0.29, 0.717) is 0 Å². The van der Waals surface area contributed by atoms with Crippen molar-refractivity contribution < 1.29 is 0 Å². The fourth-order valence-electron chi connectivity index (χ4n) is 2.33. The van der Waals surface area contributed by atoms with Crippen LogP contribution in [0.5, 0.6) is 0 Å². The normalized spacial score (nSPS) is 18.3. The first kappa shape index (κ1) is 11.5. The Hall–Kier alpha value is -0.0200. The van der Waals surface area contributed by atoms with Gasteiger partial charge in [-0.1, -0.05) is 26.2 Å². The summed E-state index contributed by atoms with van der Waals surface area (Å²) in [5, 5.41) is 1.38. The summed E-state index contributed by atoms with van der Waals surface area (Å²) < 4.78 is 0. The average Bonchev–Trinajstić information content (AvgIpc) is 2.73. The molecule has 0 radical (unpaired) electrons. The second-order valence-corrected chi connectivity index (χ2v) is 5.70. The standard InChI is InChI=1S/C12H19NS2/c1-2-10-11(8-14)15-12(13-10)9-6-4-3-5-7-9/h9,14H,2-8H2,1H3. The molecule has 0 unspecified atom stereocenters. The van der Waals surface area contributed by atoms with Crippen LogP contribution in [0.25, 0.3) is 0 Å². The van der Waals surface area contributed by atoms with Gasteiger partial charge in [0.05, 0.1) is 10.7 Å². The van der Waals surface area contributed by atoms with Gasteiger partial charge in [0.1, 0.15) is 0 Å². The number of thiol groups is 1. The predicted molar refractivity (Wildman–Crippen MR) is 70.0 cm³/mol. The summed E-state index contributed by atoms with van der Waals surface area (Å²) in [6, 6.07) is 0. The zero-order valence-corrected chi connectivity index (χ0v) is 11.0. The number of nitrogens with zero attached hydrogens (tertiary/aromatic N) is 1. The van der Waals surface area contributed by atoms with Gasteiger partial charge in [-0.2, -0.15) is 12.6 Å². The third-order valence-electron chi connectivity index (χ3n) is 3.23. The highest BCUT2D eigenvalue weighted by atomic mass is 32.1. The number of rotatable bonds is 3. The zero-order chi connectivity index (χ0) is 10.7. The minimum absolute atomic E-state index is 0.752. The molecule has 0 amide bonds. The molecule has 0 aliphatic heterocycles. The van der Waals surface area contributed by atoms with Gasteiger partial charge in [0.15, 0.2) is 0 Å². The minimum atomic E-state index is 0.752. The molecule has 0 spiro atoms. The molecular formula is C12H19NS2. The van der Waals surface area contributed by atoms with Crippen LogP contribution in [0, 0.1) is 0 Å². The van der Waals surface area contributed by atoms with E-state index < -0.39 is 0 Å². The molecule has 1 fully saturated rings. The van der Waals surface area contributed by atoms with Crippen molar-refractivity contribution in [3.8, 4) is 0 Å². The Kier molecular flexibility index (Phi) is 4.09. The van der Waals surface area contributed by atoms with E-state index in [9.17, 15) is 0 Å². The van der Waals surface area contributed by atoms with Crippen LogP contribution in [0.15, 0.2) is 0 Å². The molecule has 15 heavy (non-hydrogen) atoms. The summed E-state index contributed by atoms with van der Waals surface area (Å²) in [5.41, 5.74) is 1.29. The number of aromatic nitrogens is 1. The smallest absolute Gasteiger partial charge is 0.0962 e. The monoisotopic (exact) mass is 241 g/mol. The molecule has 1 aromatic rings. The van der Waals surface area contributed by atoms with Crippen molar-refractivity contribution in [1.29, 1.82) is 0 Å². The summed E-state index contributed by atoms with van der Waals surface area (Å²) in [6.45, 7) is 2.19. The fraction of sp³-hybridized carbons (Fsp3) is 0.750. The van der Waals surface area contributed by atoms with Gasteiger partial charge in [0.2, 0.25) is 0 Å². The van der Waals surface area contributed by atoms with Crippen LogP contribution in [0.1, 0.15) is 60.5 Å². The quantitative estimate of drug-likeness (QED) is 0.783. The lowest BCUT2D eigenvalue weighted by Crippen LogP contribution is -2.04.